The van der Waals surface area contributed by atoms with Crippen molar-refractivity contribution >= 4 is 11.9 Å². The Hall–Kier alpha value is -1.85. The molecule has 0 atom stereocenters. The highest BCUT2D eigenvalue weighted by atomic mass is 16.4. The third-order valence-corrected chi connectivity index (χ3v) is 3.05. The Balaban J connectivity index is 1.90. The van der Waals surface area contributed by atoms with Gasteiger partial charge in [-0.05, 0) is 19.3 Å². The number of hydrogen-bond donors (Lipinski definition) is 2. The lowest BCUT2D eigenvalue weighted by Crippen LogP contribution is -2.25. The Morgan fingerprint density at radius 2 is 2.28 bits per heavy atom. The highest BCUT2D eigenvalue weighted by molar-refractivity contribution is 5.95. The van der Waals surface area contributed by atoms with Crippen molar-refractivity contribution in [2.75, 3.05) is 6.54 Å². The van der Waals surface area contributed by atoms with Crippen molar-refractivity contribution in [3.63, 3.8) is 0 Å². The van der Waals surface area contributed by atoms with Crippen molar-refractivity contribution < 1.29 is 14.7 Å². The first-order chi connectivity index (χ1) is 8.59. The Bertz CT molecular complexity index is 463. The van der Waals surface area contributed by atoms with Gasteiger partial charge in [0.05, 0.1) is 17.5 Å². The van der Waals surface area contributed by atoms with Crippen LogP contribution in [-0.2, 0) is 11.8 Å². The molecule has 0 bridgehead atoms. The fourth-order valence-corrected chi connectivity index (χ4v) is 2.00. The lowest BCUT2D eigenvalue weighted by Gasteiger charge is -2.05. The summed E-state index contributed by atoms with van der Waals surface area (Å²) >= 11 is 0. The smallest absolute Gasteiger partial charge is 0.303 e. The fraction of sp³-hybridized carbons (Fsp3) is 0.583. The minimum atomic E-state index is -0.843. The van der Waals surface area contributed by atoms with E-state index in [2.05, 4.69) is 10.4 Å². The van der Waals surface area contributed by atoms with Crippen molar-refractivity contribution in [1.82, 2.24) is 15.1 Å². The van der Waals surface area contributed by atoms with Gasteiger partial charge in [-0.3, -0.25) is 14.3 Å². The van der Waals surface area contributed by atoms with E-state index in [-0.39, 0.29) is 12.3 Å². The number of nitrogens with zero attached hydrogens (tertiary/aromatic N) is 2. The van der Waals surface area contributed by atoms with E-state index in [0.717, 1.165) is 18.5 Å². The van der Waals surface area contributed by atoms with Crippen molar-refractivity contribution in [2.45, 2.75) is 31.6 Å². The van der Waals surface area contributed by atoms with Crippen LogP contribution in [0.4, 0.5) is 0 Å². The summed E-state index contributed by atoms with van der Waals surface area (Å²) in [6.45, 7) is 0.379. The molecule has 0 unspecified atom stereocenters. The van der Waals surface area contributed by atoms with E-state index in [1.807, 2.05) is 7.05 Å². The van der Waals surface area contributed by atoms with E-state index in [1.165, 1.54) is 0 Å². The fourth-order valence-electron chi connectivity index (χ4n) is 2.00. The number of carbonyl (C=O) groups is 2. The standard InChI is InChI=1S/C12H17N3O3/c1-15-11(8-4-5-8)9(7-14-15)12(18)13-6-2-3-10(16)17/h7-8H,2-6H2,1H3,(H,13,18)(H,16,17). The van der Waals surface area contributed by atoms with E-state index in [9.17, 15) is 9.59 Å². The summed E-state index contributed by atoms with van der Waals surface area (Å²) in [4.78, 5) is 22.3. The number of aryl methyl sites for hydroxylation is 1. The van der Waals surface area contributed by atoms with Gasteiger partial charge in [-0.2, -0.15) is 5.10 Å². The van der Waals surface area contributed by atoms with Crippen LogP contribution in [0.15, 0.2) is 6.20 Å². The third kappa shape index (κ3) is 2.88. The summed E-state index contributed by atoms with van der Waals surface area (Å²) in [5.74, 6) is -0.544. The van der Waals surface area contributed by atoms with E-state index >= 15 is 0 Å². The molecule has 1 aromatic rings. The number of hydrogen-bond acceptors (Lipinski definition) is 3. The van der Waals surface area contributed by atoms with Crippen LogP contribution in [0.1, 0.15) is 47.7 Å². The van der Waals surface area contributed by atoms with Gasteiger partial charge >= 0.3 is 5.97 Å². The molecule has 1 aliphatic rings. The van der Waals surface area contributed by atoms with Crippen LogP contribution in [0.2, 0.25) is 0 Å². The average molecular weight is 251 g/mol. The number of amides is 1. The van der Waals surface area contributed by atoms with E-state index < -0.39 is 5.97 Å². The molecule has 0 aliphatic heterocycles. The lowest BCUT2D eigenvalue weighted by molar-refractivity contribution is -0.137. The molecule has 0 spiro atoms. The van der Waals surface area contributed by atoms with Crippen LogP contribution in [0.3, 0.4) is 0 Å². The zero-order valence-electron chi connectivity index (χ0n) is 10.3. The van der Waals surface area contributed by atoms with Crippen molar-refractivity contribution in [3.05, 3.63) is 17.5 Å². The second kappa shape index (κ2) is 5.20. The summed E-state index contributed by atoms with van der Waals surface area (Å²) < 4.78 is 1.75. The molecular formula is C12H17N3O3. The molecule has 2 rings (SSSR count). The molecular weight excluding hydrogens is 234 g/mol. The number of carboxylic acid groups (broad SMARTS) is 1. The van der Waals surface area contributed by atoms with Crippen LogP contribution >= 0.6 is 0 Å². The summed E-state index contributed by atoms with van der Waals surface area (Å²) in [7, 11) is 1.84. The zero-order chi connectivity index (χ0) is 13.1. The van der Waals surface area contributed by atoms with Gasteiger partial charge in [-0.15, -0.1) is 0 Å². The first kappa shape index (κ1) is 12.6. The first-order valence-corrected chi connectivity index (χ1v) is 6.11. The predicted molar refractivity (Wildman–Crippen MR) is 64.4 cm³/mol. The molecule has 1 fully saturated rings. The molecule has 6 heteroatoms. The minimum Gasteiger partial charge on any atom is -0.481 e. The lowest BCUT2D eigenvalue weighted by atomic mass is 10.1. The van der Waals surface area contributed by atoms with Gasteiger partial charge in [-0.25, -0.2) is 0 Å². The van der Waals surface area contributed by atoms with Gasteiger partial charge in [-0.1, -0.05) is 0 Å². The number of carbonyl (C=O) groups excluding carboxylic acids is 1. The van der Waals surface area contributed by atoms with Crippen molar-refractivity contribution in [2.24, 2.45) is 7.05 Å². The molecule has 0 aromatic carbocycles. The molecule has 0 radical (unpaired) electrons. The average Bonchev–Trinajstić information content (AvgIpc) is 3.07. The first-order valence-electron chi connectivity index (χ1n) is 6.11. The van der Waals surface area contributed by atoms with Gasteiger partial charge in [0.25, 0.3) is 5.91 Å². The Morgan fingerprint density at radius 3 is 2.89 bits per heavy atom. The summed E-state index contributed by atoms with van der Waals surface area (Å²) in [6.07, 6.45) is 4.32. The largest absolute Gasteiger partial charge is 0.481 e. The summed E-state index contributed by atoms with van der Waals surface area (Å²) in [6, 6.07) is 0. The highest BCUT2D eigenvalue weighted by Gasteiger charge is 2.31. The SMILES string of the molecule is Cn1ncc(C(=O)NCCCC(=O)O)c1C1CC1. The van der Waals surface area contributed by atoms with E-state index in [4.69, 9.17) is 5.11 Å². The zero-order valence-corrected chi connectivity index (χ0v) is 10.3. The van der Waals surface area contributed by atoms with Gasteiger partial charge < -0.3 is 10.4 Å². The number of nitrogens with one attached hydrogen (secondary N) is 1. The maximum atomic E-state index is 11.9. The van der Waals surface area contributed by atoms with Crippen molar-refractivity contribution in [3.8, 4) is 0 Å². The van der Waals surface area contributed by atoms with E-state index in [0.29, 0.717) is 24.4 Å². The minimum absolute atomic E-state index is 0.0722. The maximum Gasteiger partial charge on any atom is 0.303 e. The van der Waals surface area contributed by atoms with Crippen molar-refractivity contribution in [1.29, 1.82) is 0 Å². The van der Waals surface area contributed by atoms with Gasteiger partial charge in [0.1, 0.15) is 0 Å². The van der Waals surface area contributed by atoms with Crippen LogP contribution < -0.4 is 5.32 Å². The normalized spacial score (nSPS) is 14.5. The summed E-state index contributed by atoms with van der Waals surface area (Å²) in [5, 5.41) is 15.4. The second-order valence-corrected chi connectivity index (χ2v) is 4.59. The van der Waals surface area contributed by atoms with Crippen LogP contribution in [0.25, 0.3) is 0 Å². The van der Waals surface area contributed by atoms with Crippen LogP contribution in [0.5, 0.6) is 0 Å². The topological polar surface area (TPSA) is 84.2 Å². The molecule has 1 saturated carbocycles. The second-order valence-electron chi connectivity index (χ2n) is 4.59. The third-order valence-electron chi connectivity index (χ3n) is 3.05. The number of rotatable bonds is 6. The van der Waals surface area contributed by atoms with Gasteiger partial charge in [0.15, 0.2) is 0 Å². The Kier molecular flexibility index (Phi) is 3.64. The molecule has 1 aromatic heterocycles. The molecule has 0 saturated heterocycles. The quantitative estimate of drug-likeness (QED) is 0.735. The Morgan fingerprint density at radius 1 is 1.56 bits per heavy atom. The maximum absolute atomic E-state index is 11.9. The van der Waals surface area contributed by atoms with Crippen LogP contribution in [0, 0.1) is 0 Å². The summed E-state index contributed by atoms with van der Waals surface area (Å²) in [5.41, 5.74) is 1.61. The molecule has 1 aliphatic carbocycles. The molecule has 98 valence electrons. The van der Waals surface area contributed by atoms with Gasteiger partial charge in [0.2, 0.25) is 0 Å². The Labute approximate surface area is 105 Å². The monoisotopic (exact) mass is 251 g/mol. The van der Waals surface area contributed by atoms with Gasteiger partial charge in [0, 0.05) is 25.9 Å². The molecule has 6 nitrogen and oxygen atoms in total. The number of aliphatic carboxylic acids is 1. The molecule has 2 N–H and O–H groups in total. The molecule has 18 heavy (non-hydrogen) atoms. The molecule has 1 amide bonds. The van der Waals surface area contributed by atoms with Crippen LogP contribution in [-0.4, -0.2) is 33.3 Å². The van der Waals surface area contributed by atoms with E-state index in [1.54, 1.807) is 10.9 Å². The molecule has 1 heterocycles. The number of aromatic nitrogens is 2. The predicted octanol–water partition coefficient (Wildman–Crippen LogP) is 0.892. The highest BCUT2D eigenvalue weighted by Crippen LogP contribution is 2.41. The number of carboxylic acids is 1.